The van der Waals surface area contributed by atoms with Crippen molar-refractivity contribution in [2.45, 2.75) is 37.6 Å². The number of nitrogens with zero attached hydrogens (tertiary/aromatic N) is 1. The minimum atomic E-state index is -1.03. The Labute approximate surface area is 172 Å². The zero-order chi connectivity index (χ0) is 20.9. The van der Waals surface area contributed by atoms with Crippen molar-refractivity contribution in [2.24, 2.45) is 0 Å². The number of aliphatic hydroxyl groups is 1. The Kier molecular flexibility index (Phi) is 6.90. The van der Waals surface area contributed by atoms with E-state index in [1.807, 2.05) is 48.5 Å². The number of amides is 1. The van der Waals surface area contributed by atoms with E-state index in [1.165, 1.54) is 7.11 Å². The first-order valence-electron chi connectivity index (χ1n) is 9.87. The van der Waals surface area contributed by atoms with Crippen molar-refractivity contribution in [1.82, 2.24) is 10.2 Å². The number of methoxy groups -OCH3 is 2. The van der Waals surface area contributed by atoms with Gasteiger partial charge in [0.1, 0.15) is 12.4 Å². The molecule has 1 aliphatic heterocycles. The van der Waals surface area contributed by atoms with Crippen LogP contribution in [0, 0.1) is 0 Å². The number of carbonyl (C=O) groups is 1. The molecule has 1 heterocycles. The summed E-state index contributed by atoms with van der Waals surface area (Å²) in [5, 5.41) is 14.2. The highest BCUT2D eigenvalue weighted by Gasteiger charge is 2.46. The molecule has 1 saturated heterocycles. The Morgan fingerprint density at radius 3 is 2.66 bits per heavy atom. The molecule has 0 bridgehead atoms. The largest absolute Gasteiger partial charge is 0.497 e. The van der Waals surface area contributed by atoms with Gasteiger partial charge in [-0.15, -0.1) is 0 Å². The molecule has 2 N–H and O–H groups in total. The number of likely N-dealkylation sites (tertiary alicyclic amines) is 1. The molecule has 6 heteroatoms. The van der Waals surface area contributed by atoms with Gasteiger partial charge < -0.3 is 19.9 Å². The van der Waals surface area contributed by atoms with E-state index in [1.54, 1.807) is 14.0 Å². The van der Waals surface area contributed by atoms with Crippen molar-refractivity contribution in [1.29, 1.82) is 0 Å². The van der Waals surface area contributed by atoms with E-state index in [-0.39, 0.29) is 18.6 Å². The third kappa shape index (κ3) is 5.15. The molecule has 1 aliphatic rings. The zero-order valence-electron chi connectivity index (χ0n) is 17.3. The van der Waals surface area contributed by atoms with E-state index in [4.69, 9.17) is 9.47 Å². The van der Waals surface area contributed by atoms with Crippen molar-refractivity contribution >= 4 is 5.91 Å². The summed E-state index contributed by atoms with van der Waals surface area (Å²) in [6.07, 6.45) is 0.554. The second-order valence-corrected chi connectivity index (χ2v) is 7.76. The van der Waals surface area contributed by atoms with Crippen molar-refractivity contribution in [3.63, 3.8) is 0 Å². The molecule has 0 radical (unpaired) electrons. The quantitative estimate of drug-likeness (QED) is 0.750. The lowest BCUT2D eigenvalue weighted by molar-refractivity contribution is -0.132. The summed E-state index contributed by atoms with van der Waals surface area (Å²) in [5.41, 5.74) is 1.14. The highest BCUT2D eigenvalue weighted by molar-refractivity contribution is 5.77. The number of piperidine rings is 1. The van der Waals surface area contributed by atoms with Gasteiger partial charge in [0.25, 0.3) is 0 Å². The van der Waals surface area contributed by atoms with E-state index in [0.29, 0.717) is 19.5 Å². The van der Waals surface area contributed by atoms with Crippen LogP contribution in [-0.4, -0.2) is 54.9 Å². The number of hydrogen-bond donors (Lipinski definition) is 2. The van der Waals surface area contributed by atoms with E-state index in [2.05, 4.69) is 16.3 Å². The molecule has 2 aromatic carbocycles. The number of nitrogens with one attached hydrogen (secondary N) is 1. The van der Waals surface area contributed by atoms with Crippen LogP contribution in [0.5, 0.6) is 5.75 Å². The Hall–Kier alpha value is -2.41. The number of hydrogen-bond acceptors (Lipinski definition) is 5. The molecule has 0 aromatic heterocycles. The molecule has 1 fully saturated rings. The van der Waals surface area contributed by atoms with E-state index in [9.17, 15) is 9.90 Å². The maximum absolute atomic E-state index is 12.3. The fraction of sp³-hybridized carbons (Fsp3) is 0.435. The fourth-order valence-corrected chi connectivity index (χ4v) is 4.03. The lowest BCUT2D eigenvalue weighted by Gasteiger charge is -2.49. The van der Waals surface area contributed by atoms with Crippen molar-refractivity contribution in [2.75, 3.05) is 27.4 Å². The van der Waals surface area contributed by atoms with Gasteiger partial charge in [0.05, 0.1) is 24.8 Å². The Balaban J connectivity index is 1.94. The first-order valence-corrected chi connectivity index (χ1v) is 9.87. The Morgan fingerprint density at radius 1 is 1.21 bits per heavy atom. The third-order valence-corrected chi connectivity index (χ3v) is 5.54. The van der Waals surface area contributed by atoms with Gasteiger partial charge in [-0.1, -0.05) is 42.5 Å². The van der Waals surface area contributed by atoms with Gasteiger partial charge in [0, 0.05) is 20.2 Å². The SMILES string of the molecule is COCC(=O)N[C@H]1[C@H](c2ccccc2)N(Cc2cccc(OC)c2)CC[C@@]1(C)O. The van der Waals surface area contributed by atoms with Gasteiger partial charge >= 0.3 is 0 Å². The number of carbonyl (C=O) groups excluding carboxylic acids is 1. The van der Waals surface area contributed by atoms with Crippen molar-refractivity contribution < 1.29 is 19.4 Å². The average molecular weight is 399 g/mol. The average Bonchev–Trinajstić information content (AvgIpc) is 2.72. The lowest BCUT2D eigenvalue weighted by Crippen LogP contribution is -2.62. The highest BCUT2D eigenvalue weighted by atomic mass is 16.5. The molecule has 0 saturated carbocycles. The summed E-state index contributed by atoms with van der Waals surface area (Å²) in [7, 11) is 3.15. The summed E-state index contributed by atoms with van der Waals surface area (Å²) >= 11 is 0. The standard InChI is InChI=1S/C23H30N2O4/c1-23(27)12-13-25(15-17-8-7-11-19(14-17)29-3)21(18-9-5-4-6-10-18)22(23)24-20(26)16-28-2/h4-11,14,21-22,27H,12-13,15-16H2,1-3H3,(H,24,26)/t21-,22-,23+/m0/s1. The van der Waals surface area contributed by atoms with E-state index < -0.39 is 11.6 Å². The predicted octanol–water partition coefficient (Wildman–Crippen LogP) is 2.52. The lowest BCUT2D eigenvalue weighted by atomic mass is 9.79. The Bertz CT molecular complexity index is 810. The molecule has 0 spiro atoms. The molecule has 3 atom stereocenters. The van der Waals surface area contributed by atoms with Gasteiger partial charge in [0.15, 0.2) is 0 Å². The number of ether oxygens (including phenoxy) is 2. The van der Waals surface area contributed by atoms with Gasteiger partial charge in [0.2, 0.25) is 5.91 Å². The monoisotopic (exact) mass is 398 g/mol. The molecule has 3 rings (SSSR count). The molecule has 2 aromatic rings. The number of benzene rings is 2. The second kappa shape index (κ2) is 9.39. The van der Waals surface area contributed by atoms with E-state index in [0.717, 1.165) is 16.9 Å². The van der Waals surface area contributed by atoms with Crippen LogP contribution in [0.3, 0.4) is 0 Å². The molecule has 1 amide bonds. The van der Waals surface area contributed by atoms with Crippen LogP contribution in [0.4, 0.5) is 0 Å². The van der Waals surface area contributed by atoms with Gasteiger partial charge in [-0.2, -0.15) is 0 Å². The first kappa shape index (κ1) is 21.3. The minimum Gasteiger partial charge on any atom is -0.497 e. The molecule has 29 heavy (non-hydrogen) atoms. The topological polar surface area (TPSA) is 71.0 Å². The maximum Gasteiger partial charge on any atom is 0.246 e. The zero-order valence-corrected chi connectivity index (χ0v) is 17.3. The molecule has 156 valence electrons. The smallest absolute Gasteiger partial charge is 0.246 e. The maximum atomic E-state index is 12.3. The van der Waals surface area contributed by atoms with Crippen LogP contribution in [0.15, 0.2) is 54.6 Å². The molecular weight excluding hydrogens is 368 g/mol. The summed E-state index contributed by atoms with van der Waals surface area (Å²) in [6, 6.07) is 17.4. The normalized spacial score (nSPS) is 24.8. The highest BCUT2D eigenvalue weighted by Crippen LogP contribution is 2.38. The van der Waals surface area contributed by atoms with Crippen molar-refractivity contribution in [3.8, 4) is 5.75 Å². The van der Waals surface area contributed by atoms with Crippen LogP contribution >= 0.6 is 0 Å². The van der Waals surface area contributed by atoms with Crippen LogP contribution < -0.4 is 10.1 Å². The van der Waals surface area contributed by atoms with Gasteiger partial charge in [-0.05, 0) is 36.6 Å². The summed E-state index contributed by atoms with van der Waals surface area (Å²) in [6.45, 7) is 3.15. The fourth-order valence-electron chi connectivity index (χ4n) is 4.03. The first-order chi connectivity index (χ1) is 13.9. The molecule has 6 nitrogen and oxygen atoms in total. The third-order valence-electron chi connectivity index (χ3n) is 5.54. The van der Waals surface area contributed by atoms with Crippen LogP contribution in [0.1, 0.15) is 30.5 Å². The van der Waals surface area contributed by atoms with Gasteiger partial charge in [-0.25, -0.2) is 0 Å². The van der Waals surface area contributed by atoms with Crippen LogP contribution in [0.2, 0.25) is 0 Å². The predicted molar refractivity (Wildman–Crippen MR) is 112 cm³/mol. The summed E-state index contributed by atoms with van der Waals surface area (Å²) < 4.78 is 10.3. The van der Waals surface area contributed by atoms with E-state index >= 15 is 0 Å². The Morgan fingerprint density at radius 2 is 1.97 bits per heavy atom. The molecular formula is C23H30N2O4. The van der Waals surface area contributed by atoms with Crippen molar-refractivity contribution in [3.05, 3.63) is 65.7 Å². The summed E-state index contributed by atoms with van der Waals surface area (Å²) in [4.78, 5) is 14.6. The second-order valence-electron chi connectivity index (χ2n) is 7.76. The van der Waals surface area contributed by atoms with Crippen LogP contribution in [0.25, 0.3) is 0 Å². The minimum absolute atomic E-state index is 0.0377. The van der Waals surface area contributed by atoms with Gasteiger partial charge in [-0.3, -0.25) is 9.69 Å². The number of rotatable bonds is 7. The summed E-state index contributed by atoms with van der Waals surface area (Å²) in [5.74, 6) is 0.578. The molecule has 0 unspecified atom stereocenters. The molecule has 0 aliphatic carbocycles. The van der Waals surface area contributed by atoms with Crippen LogP contribution in [-0.2, 0) is 16.1 Å².